The second kappa shape index (κ2) is 5.48. The molecule has 0 heterocycles. The molecule has 0 radical (unpaired) electrons. The molecule has 1 N–H and O–H groups in total. The quantitative estimate of drug-likeness (QED) is 0.876. The molecule has 1 amide bonds. The number of halogens is 3. The SMILES string of the molecule is Cc1ccc(NC(=O)c2cccc(Br)c2F)c(F)c1. The third-order valence-corrected chi connectivity index (χ3v) is 3.18. The zero-order valence-electron chi connectivity index (χ0n) is 10.0. The minimum absolute atomic E-state index is 0.0231. The minimum Gasteiger partial charge on any atom is -0.319 e. The van der Waals surface area contributed by atoms with Crippen molar-refractivity contribution in [3.05, 3.63) is 63.6 Å². The van der Waals surface area contributed by atoms with Crippen molar-refractivity contribution in [1.29, 1.82) is 0 Å². The van der Waals surface area contributed by atoms with Gasteiger partial charge in [-0.25, -0.2) is 8.78 Å². The number of rotatable bonds is 2. The highest BCUT2D eigenvalue weighted by molar-refractivity contribution is 9.10. The molecule has 0 fully saturated rings. The van der Waals surface area contributed by atoms with E-state index in [0.717, 1.165) is 5.56 Å². The van der Waals surface area contributed by atoms with Crippen LogP contribution in [0.3, 0.4) is 0 Å². The molecule has 0 spiro atoms. The summed E-state index contributed by atoms with van der Waals surface area (Å²) in [5, 5.41) is 2.35. The van der Waals surface area contributed by atoms with Gasteiger partial charge < -0.3 is 5.32 Å². The average molecular weight is 326 g/mol. The van der Waals surface area contributed by atoms with Crippen LogP contribution < -0.4 is 5.32 Å². The first-order valence-electron chi connectivity index (χ1n) is 5.50. The molecule has 0 bridgehead atoms. The summed E-state index contributed by atoms with van der Waals surface area (Å²) in [5.74, 6) is -1.92. The summed E-state index contributed by atoms with van der Waals surface area (Å²) < 4.78 is 27.5. The maximum Gasteiger partial charge on any atom is 0.258 e. The third-order valence-electron chi connectivity index (χ3n) is 2.57. The molecule has 0 aliphatic heterocycles. The molecule has 2 aromatic rings. The molecule has 98 valence electrons. The Bertz CT molecular complexity index is 643. The molecule has 2 rings (SSSR count). The zero-order chi connectivity index (χ0) is 14.0. The van der Waals surface area contributed by atoms with Gasteiger partial charge in [0, 0.05) is 0 Å². The molecule has 0 atom stereocenters. The third kappa shape index (κ3) is 2.98. The van der Waals surface area contributed by atoms with Gasteiger partial charge in [-0.1, -0.05) is 12.1 Å². The van der Waals surface area contributed by atoms with Gasteiger partial charge >= 0.3 is 0 Å². The predicted octanol–water partition coefficient (Wildman–Crippen LogP) is 4.29. The highest BCUT2D eigenvalue weighted by atomic mass is 79.9. The van der Waals surface area contributed by atoms with Crippen molar-refractivity contribution in [3.63, 3.8) is 0 Å². The van der Waals surface area contributed by atoms with Crippen LogP contribution in [0.1, 0.15) is 15.9 Å². The van der Waals surface area contributed by atoms with Gasteiger partial charge in [-0.15, -0.1) is 0 Å². The first kappa shape index (κ1) is 13.7. The lowest BCUT2D eigenvalue weighted by molar-refractivity contribution is 0.102. The number of benzene rings is 2. The molecular formula is C14H10BrF2NO. The summed E-state index contributed by atoms with van der Waals surface area (Å²) in [6, 6.07) is 8.76. The lowest BCUT2D eigenvalue weighted by Gasteiger charge is -2.08. The van der Waals surface area contributed by atoms with Gasteiger partial charge in [0.2, 0.25) is 0 Å². The van der Waals surface area contributed by atoms with E-state index in [4.69, 9.17) is 0 Å². The van der Waals surface area contributed by atoms with E-state index in [1.807, 2.05) is 0 Å². The van der Waals surface area contributed by atoms with Crippen LogP contribution in [-0.2, 0) is 0 Å². The van der Waals surface area contributed by atoms with Crippen LogP contribution in [0.15, 0.2) is 40.9 Å². The monoisotopic (exact) mass is 325 g/mol. The molecule has 0 aliphatic rings. The smallest absolute Gasteiger partial charge is 0.258 e. The normalized spacial score (nSPS) is 10.3. The fourth-order valence-electron chi connectivity index (χ4n) is 1.59. The number of hydrogen-bond donors (Lipinski definition) is 1. The fourth-order valence-corrected chi connectivity index (χ4v) is 1.96. The Labute approximate surface area is 117 Å². The fraction of sp³-hybridized carbons (Fsp3) is 0.0714. The molecule has 0 saturated heterocycles. The van der Waals surface area contributed by atoms with E-state index in [1.54, 1.807) is 13.0 Å². The van der Waals surface area contributed by atoms with Gasteiger partial charge in [0.05, 0.1) is 15.7 Å². The number of carbonyl (C=O) groups excluding carboxylic acids is 1. The summed E-state index contributed by atoms with van der Waals surface area (Å²) in [7, 11) is 0. The number of carbonyl (C=O) groups is 1. The zero-order valence-corrected chi connectivity index (χ0v) is 11.6. The van der Waals surface area contributed by atoms with Gasteiger partial charge in [-0.3, -0.25) is 4.79 Å². The molecule has 2 aromatic carbocycles. The van der Waals surface area contributed by atoms with Crippen LogP contribution in [0.5, 0.6) is 0 Å². The van der Waals surface area contributed by atoms with Crippen LogP contribution in [0, 0.1) is 18.6 Å². The Morgan fingerprint density at radius 2 is 1.95 bits per heavy atom. The molecule has 19 heavy (non-hydrogen) atoms. The van der Waals surface area contributed by atoms with Crippen molar-refractivity contribution in [2.24, 2.45) is 0 Å². The molecular weight excluding hydrogens is 316 g/mol. The highest BCUT2D eigenvalue weighted by Crippen LogP contribution is 2.21. The van der Waals surface area contributed by atoms with Gasteiger partial charge in [-0.2, -0.15) is 0 Å². The number of nitrogens with one attached hydrogen (secondary N) is 1. The van der Waals surface area contributed by atoms with Crippen LogP contribution in [-0.4, -0.2) is 5.91 Å². The Kier molecular flexibility index (Phi) is 3.95. The van der Waals surface area contributed by atoms with Gasteiger partial charge in [0.1, 0.15) is 11.6 Å². The molecule has 2 nitrogen and oxygen atoms in total. The number of anilines is 1. The lowest BCUT2D eigenvalue weighted by atomic mass is 10.1. The maximum atomic E-state index is 13.7. The van der Waals surface area contributed by atoms with E-state index in [2.05, 4.69) is 21.2 Å². The Hall–Kier alpha value is -1.75. The summed E-state index contributed by atoms with van der Waals surface area (Å²) in [5.41, 5.74) is 0.619. The average Bonchev–Trinajstić information content (AvgIpc) is 2.36. The molecule has 0 aliphatic carbocycles. The predicted molar refractivity (Wildman–Crippen MR) is 73.2 cm³/mol. The molecule has 5 heteroatoms. The Balaban J connectivity index is 2.28. The van der Waals surface area contributed by atoms with Crippen molar-refractivity contribution in [2.75, 3.05) is 5.32 Å². The minimum atomic E-state index is -0.693. The van der Waals surface area contributed by atoms with E-state index in [9.17, 15) is 13.6 Å². The molecule has 0 unspecified atom stereocenters. The van der Waals surface area contributed by atoms with Crippen LogP contribution in [0.4, 0.5) is 14.5 Å². The summed E-state index contributed by atoms with van der Waals surface area (Å²) >= 11 is 2.99. The first-order chi connectivity index (χ1) is 8.99. The number of amides is 1. The van der Waals surface area contributed by atoms with Crippen LogP contribution in [0.2, 0.25) is 0 Å². The van der Waals surface area contributed by atoms with Crippen LogP contribution in [0.25, 0.3) is 0 Å². The van der Waals surface area contributed by atoms with E-state index < -0.39 is 17.5 Å². The van der Waals surface area contributed by atoms with Crippen LogP contribution >= 0.6 is 15.9 Å². The number of aryl methyl sites for hydroxylation is 1. The van der Waals surface area contributed by atoms with Gasteiger partial charge in [0.15, 0.2) is 0 Å². The molecule has 0 saturated carbocycles. The van der Waals surface area contributed by atoms with Gasteiger partial charge in [0.25, 0.3) is 5.91 Å². The second-order valence-corrected chi connectivity index (χ2v) is 4.89. The van der Waals surface area contributed by atoms with Gasteiger partial charge in [-0.05, 0) is 52.7 Å². The Morgan fingerprint density at radius 3 is 2.63 bits per heavy atom. The maximum absolute atomic E-state index is 13.7. The lowest BCUT2D eigenvalue weighted by Crippen LogP contribution is -2.15. The van der Waals surface area contributed by atoms with E-state index in [-0.39, 0.29) is 15.7 Å². The molecule has 0 aromatic heterocycles. The highest BCUT2D eigenvalue weighted by Gasteiger charge is 2.15. The van der Waals surface area contributed by atoms with Crippen molar-refractivity contribution >= 4 is 27.5 Å². The standard InChI is InChI=1S/C14H10BrF2NO/c1-8-5-6-12(11(16)7-8)18-14(19)9-3-2-4-10(15)13(9)17/h2-7H,1H3,(H,18,19). The number of hydrogen-bond acceptors (Lipinski definition) is 1. The van der Waals surface area contributed by atoms with E-state index >= 15 is 0 Å². The van der Waals surface area contributed by atoms with Crippen molar-refractivity contribution < 1.29 is 13.6 Å². The second-order valence-electron chi connectivity index (χ2n) is 4.04. The Morgan fingerprint density at radius 1 is 1.21 bits per heavy atom. The summed E-state index contributed by atoms with van der Waals surface area (Å²) in [6.45, 7) is 1.74. The largest absolute Gasteiger partial charge is 0.319 e. The van der Waals surface area contributed by atoms with Crippen molar-refractivity contribution in [1.82, 2.24) is 0 Å². The van der Waals surface area contributed by atoms with Crippen molar-refractivity contribution in [2.45, 2.75) is 6.92 Å². The summed E-state index contributed by atoms with van der Waals surface area (Å²) in [6.07, 6.45) is 0. The topological polar surface area (TPSA) is 29.1 Å². The first-order valence-corrected chi connectivity index (χ1v) is 6.30. The summed E-state index contributed by atoms with van der Waals surface area (Å²) in [4.78, 5) is 11.9. The van der Waals surface area contributed by atoms with E-state index in [0.29, 0.717) is 0 Å². The van der Waals surface area contributed by atoms with E-state index in [1.165, 1.54) is 30.3 Å². The van der Waals surface area contributed by atoms with Crippen molar-refractivity contribution in [3.8, 4) is 0 Å².